The van der Waals surface area contributed by atoms with E-state index >= 15 is 0 Å². The van der Waals surface area contributed by atoms with E-state index in [2.05, 4.69) is 15.8 Å². The number of benzene rings is 1. The standard InChI is InChI=1S/C25H27FN4O5/c1-13-11-16(29-34-13)27-20(31)17-18-22(33)30(15-8-6-7-14(26)12-15)19(21(32)28-23(2,3)4)25(18)10-9-24(17,5)35-25/h6-12,17-19H,1-5H3,(H,28,32)(H,27,29,31)/t17-,18-,19-,24+,25-/m1/s1. The average molecular weight is 483 g/mol. The van der Waals surface area contributed by atoms with Gasteiger partial charge < -0.3 is 19.9 Å². The molecule has 5 rings (SSSR count). The van der Waals surface area contributed by atoms with E-state index in [0.29, 0.717) is 5.76 Å². The lowest BCUT2D eigenvalue weighted by Gasteiger charge is -2.35. The number of hydrogen-bond acceptors (Lipinski definition) is 6. The van der Waals surface area contributed by atoms with E-state index in [1.54, 1.807) is 38.1 Å². The third-order valence-corrected chi connectivity index (χ3v) is 6.69. The molecule has 0 radical (unpaired) electrons. The molecule has 1 aromatic heterocycles. The Morgan fingerprint density at radius 3 is 2.54 bits per heavy atom. The molecule has 1 spiro atoms. The normalized spacial score (nSPS) is 31.1. The first kappa shape index (κ1) is 23.2. The van der Waals surface area contributed by atoms with Gasteiger partial charge in [-0.2, -0.15) is 0 Å². The Bertz CT molecular complexity index is 1270. The van der Waals surface area contributed by atoms with Crippen molar-refractivity contribution in [1.82, 2.24) is 10.5 Å². The van der Waals surface area contributed by atoms with E-state index in [1.165, 1.54) is 23.1 Å². The molecule has 3 aliphatic heterocycles. The molecule has 0 saturated carbocycles. The summed E-state index contributed by atoms with van der Waals surface area (Å²) < 4.78 is 25.6. The van der Waals surface area contributed by atoms with Crippen molar-refractivity contribution >= 4 is 29.2 Å². The number of carbonyl (C=O) groups is 3. The summed E-state index contributed by atoms with van der Waals surface area (Å²) in [7, 11) is 0. The fourth-order valence-electron chi connectivity index (χ4n) is 5.51. The number of ether oxygens (including phenoxy) is 1. The first-order valence-electron chi connectivity index (χ1n) is 11.4. The lowest BCUT2D eigenvalue weighted by Crippen LogP contribution is -2.58. The number of hydrogen-bond donors (Lipinski definition) is 2. The molecule has 0 aliphatic carbocycles. The highest BCUT2D eigenvalue weighted by Crippen LogP contribution is 2.60. The van der Waals surface area contributed by atoms with Crippen LogP contribution in [0.1, 0.15) is 33.5 Å². The van der Waals surface area contributed by atoms with Gasteiger partial charge in [0.15, 0.2) is 5.82 Å². The molecule has 3 aliphatic rings. The number of nitrogens with one attached hydrogen (secondary N) is 2. The number of aryl methyl sites for hydroxylation is 1. The molecule has 2 aromatic rings. The van der Waals surface area contributed by atoms with Crippen LogP contribution in [0.2, 0.25) is 0 Å². The van der Waals surface area contributed by atoms with Crippen LogP contribution in [-0.4, -0.2) is 45.7 Å². The van der Waals surface area contributed by atoms with Crippen molar-refractivity contribution in [3.05, 3.63) is 54.1 Å². The molecule has 5 atom stereocenters. The van der Waals surface area contributed by atoms with Gasteiger partial charge >= 0.3 is 0 Å². The van der Waals surface area contributed by atoms with Crippen LogP contribution in [0.4, 0.5) is 15.9 Å². The Morgan fingerprint density at radius 2 is 1.91 bits per heavy atom. The Kier molecular flexibility index (Phi) is 4.96. The lowest BCUT2D eigenvalue weighted by molar-refractivity contribution is -0.131. The molecular weight excluding hydrogens is 455 g/mol. The van der Waals surface area contributed by atoms with E-state index in [9.17, 15) is 18.8 Å². The largest absolute Gasteiger partial charge is 0.360 e. The number of aromatic nitrogens is 1. The molecular formula is C25H27FN4O5. The molecule has 2 bridgehead atoms. The van der Waals surface area contributed by atoms with Crippen molar-refractivity contribution in [2.45, 2.75) is 57.4 Å². The van der Waals surface area contributed by atoms with Crippen molar-refractivity contribution in [2.24, 2.45) is 11.8 Å². The molecule has 4 heterocycles. The summed E-state index contributed by atoms with van der Waals surface area (Å²) in [6.07, 6.45) is 3.42. The predicted molar refractivity (Wildman–Crippen MR) is 124 cm³/mol. The molecule has 2 N–H and O–H groups in total. The predicted octanol–water partition coefficient (Wildman–Crippen LogP) is 2.72. The van der Waals surface area contributed by atoms with Gasteiger partial charge in [-0.1, -0.05) is 23.4 Å². The number of nitrogens with zero attached hydrogens (tertiary/aromatic N) is 2. The summed E-state index contributed by atoms with van der Waals surface area (Å²) in [6.45, 7) is 8.88. The number of carbonyl (C=O) groups excluding carboxylic acids is 3. The summed E-state index contributed by atoms with van der Waals surface area (Å²) in [6, 6.07) is 5.89. The molecule has 9 nitrogen and oxygen atoms in total. The third-order valence-electron chi connectivity index (χ3n) is 6.69. The third kappa shape index (κ3) is 3.54. The zero-order chi connectivity index (χ0) is 25.3. The van der Waals surface area contributed by atoms with Gasteiger partial charge in [0.25, 0.3) is 0 Å². The fourth-order valence-corrected chi connectivity index (χ4v) is 5.51. The number of amides is 3. The number of rotatable bonds is 4. The molecule has 0 unspecified atom stereocenters. The molecule has 3 amide bonds. The minimum atomic E-state index is -1.41. The smallest absolute Gasteiger partial charge is 0.246 e. The summed E-state index contributed by atoms with van der Waals surface area (Å²) in [5.74, 6) is -3.23. The van der Waals surface area contributed by atoms with E-state index in [4.69, 9.17) is 9.26 Å². The second-order valence-corrected chi connectivity index (χ2v) is 10.6. The number of anilines is 2. The molecule has 2 saturated heterocycles. The Labute approximate surface area is 201 Å². The minimum absolute atomic E-state index is 0.213. The molecule has 184 valence electrons. The highest BCUT2D eigenvalue weighted by molar-refractivity contribution is 6.11. The number of fused-ring (bicyclic) bond motifs is 1. The SMILES string of the molecule is Cc1cc(NC(=O)[C@H]2[C@@H]3C(=O)N(c4cccc(F)c4)[C@H](C(=O)NC(C)(C)C)[C@@]34C=C[C@]2(C)O4)no1. The van der Waals surface area contributed by atoms with Crippen LogP contribution in [0.25, 0.3) is 0 Å². The average Bonchev–Trinajstić information content (AvgIpc) is 3.44. The topological polar surface area (TPSA) is 114 Å². The highest BCUT2D eigenvalue weighted by atomic mass is 19.1. The van der Waals surface area contributed by atoms with Crippen molar-refractivity contribution in [3.8, 4) is 0 Å². The van der Waals surface area contributed by atoms with Gasteiger partial charge in [-0.05, 0) is 52.8 Å². The molecule has 1 aromatic carbocycles. The van der Waals surface area contributed by atoms with E-state index in [0.717, 1.165) is 0 Å². The first-order chi connectivity index (χ1) is 16.3. The van der Waals surface area contributed by atoms with E-state index in [-0.39, 0.29) is 11.5 Å². The van der Waals surface area contributed by atoms with Crippen molar-refractivity contribution < 1.29 is 28.0 Å². The second kappa shape index (κ2) is 7.48. The van der Waals surface area contributed by atoms with Crippen molar-refractivity contribution in [2.75, 3.05) is 10.2 Å². The van der Waals surface area contributed by atoms with Gasteiger partial charge in [-0.15, -0.1) is 0 Å². The Balaban J connectivity index is 1.60. The van der Waals surface area contributed by atoms with Crippen LogP contribution < -0.4 is 15.5 Å². The first-order valence-corrected chi connectivity index (χ1v) is 11.4. The van der Waals surface area contributed by atoms with Crippen molar-refractivity contribution in [1.29, 1.82) is 0 Å². The lowest BCUT2D eigenvalue weighted by atomic mass is 9.70. The maximum absolute atomic E-state index is 14.2. The Morgan fingerprint density at radius 1 is 1.17 bits per heavy atom. The highest BCUT2D eigenvalue weighted by Gasteiger charge is 2.76. The summed E-state index contributed by atoms with van der Waals surface area (Å²) in [4.78, 5) is 42.3. The van der Waals surface area contributed by atoms with Gasteiger partial charge in [0.2, 0.25) is 17.7 Å². The van der Waals surface area contributed by atoms with Gasteiger partial charge in [0.05, 0.1) is 17.4 Å². The zero-order valence-corrected chi connectivity index (χ0v) is 20.1. The fraction of sp³-hybridized carbons (Fsp3) is 0.440. The quantitative estimate of drug-likeness (QED) is 0.648. The van der Waals surface area contributed by atoms with Crippen LogP contribution in [0.5, 0.6) is 0 Å². The van der Waals surface area contributed by atoms with Gasteiger partial charge in [0, 0.05) is 17.3 Å². The molecule has 35 heavy (non-hydrogen) atoms. The summed E-state index contributed by atoms with van der Waals surface area (Å²) >= 11 is 0. The monoisotopic (exact) mass is 482 g/mol. The maximum Gasteiger partial charge on any atom is 0.246 e. The van der Waals surface area contributed by atoms with Crippen LogP contribution in [0.3, 0.4) is 0 Å². The van der Waals surface area contributed by atoms with Gasteiger partial charge in [-0.3, -0.25) is 19.3 Å². The molecule has 2 fully saturated rings. The van der Waals surface area contributed by atoms with Gasteiger partial charge in [-0.25, -0.2) is 4.39 Å². The van der Waals surface area contributed by atoms with Crippen LogP contribution >= 0.6 is 0 Å². The van der Waals surface area contributed by atoms with E-state index < -0.39 is 58.2 Å². The maximum atomic E-state index is 14.2. The second-order valence-electron chi connectivity index (χ2n) is 10.6. The minimum Gasteiger partial charge on any atom is -0.360 e. The summed E-state index contributed by atoms with van der Waals surface area (Å²) in [5, 5.41) is 9.43. The van der Waals surface area contributed by atoms with Gasteiger partial charge in [0.1, 0.15) is 23.2 Å². The van der Waals surface area contributed by atoms with E-state index in [1.807, 2.05) is 20.8 Å². The number of halogens is 1. The van der Waals surface area contributed by atoms with Crippen LogP contribution in [-0.2, 0) is 19.1 Å². The van der Waals surface area contributed by atoms with Crippen LogP contribution in [0, 0.1) is 24.6 Å². The molecule has 10 heteroatoms. The van der Waals surface area contributed by atoms with Crippen molar-refractivity contribution in [3.63, 3.8) is 0 Å². The van der Waals surface area contributed by atoms with Crippen LogP contribution in [0.15, 0.2) is 47.0 Å². The summed E-state index contributed by atoms with van der Waals surface area (Å²) in [5.41, 5.74) is -2.93. The Hall–Kier alpha value is -3.53. The zero-order valence-electron chi connectivity index (χ0n) is 20.1.